The summed E-state index contributed by atoms with van der Waals surface area (Å²) in [7, 11) is 0. The molecule has 0 bridgehead atoms. The van der Waals surface area contributed by atoms with Gasteiger partial charge in [0.25, 0.3) is 0 Å². The zero-order valence-corrected chi connectivity index (χ0v) is 11.9. The van der Waals surface area contributed by atoms with Crippen molar-refractivity contribution in [3.05, 3.63) is 34.9 Å². The maximum Gasteiger partial charge on any atom is 0.322 e. The van der Waals surface area contributed by atoms with Gasteiger partial charge in [-0.2, -0.15) is 20.2 Å². The van der Waals surface area contributed by atoms with E-state index in [1.165, 1.54) is 18.2 Å². The smallest absolute Gasteiger partial charge is 0.322 e. The van der Waals surface area contributed by atoms with Gasteiger partial charge in [0.15, 0.2) is 0 Å². The predicted molar refractivity (Wildman–Crippen MR) is 75.0 cm³/mol. The van der Waals surface area contributed by atoms with Crippen LogP contribution in [-0.4, -0.2) is 21.6 Å². The molecule has 0 atom stereocenters. The highest BCUT2D eigenvalue weighted by Crippen LogP contribution is 2.22. The summed E-state index contributed by atoms with van der Waals surface area (Å²) in [5.41, 5.74) is 0.103. The average Bonchev–Trinajstić information content (AvgIpc) is 2.45. The summed E-state index contributed by atoms with van der Waals surface area (Å²) in [4.78, 5) is 11.7. The molecule has 0 amide bonds. The normalized spacial score (nSPS) is 10.0. The van der Waals surface area contributed by atoms with E-state index in [2.05, 4.69) is 20.3 Å². The van der Waals surface area contributed by atoms with Gasteiger partial charge in [0.05, 0.1) is 12.3 Å². The number of rotatable bonds is 5. The van der Waals surface area contributed by atoms with Crippen molar-refractivity contribution in [1.29, 1.82) is 5.26 Å². The average molecular weight is 308 g/mol. The van der Waals surface area contributed by atoms with E-state index in [4.69, 9.17) is 21.6 Å². The number of hydrogen-bond donors (Lipinski definition) is 1. The zero-order valence-electron chi connectivity index (χ0n) is 11.1. The van der Waals surface area contributed by atoms with Gasteiger partial charge in [-0.05, 0) is 30.2 Å². The molecular formula is C13H11ClFN5O. The molecule has 8 heteroatoms. The quantitative estimate of drug-likeness (QED) is 0.914. The summed E-state index contributed by atoms with van der Waals surface area (Å²) in [6.07, 6.45) is 0.786. The minimum absolute atomic E-state index is 0.0616. The second-order valence-corrected chi connectivity index (χ2v) is 4.30. The van der Waals surface area contributed by atoms with Crippen molar-refractivity contribution in [2.75, 3.05) is 11.9 Å². The number of benzene rings is 1. The summed E-state index contributed by atoms with van der Waals surface area (Å²) < 4.78 is 18.8. The van der Waals surface area contributed by atoms with Crippen LogP contribution in [0.4, 0.5) is 16.0 Å². The molecule has 1 N–H and O–H groups in total. The van der Waals surface area contributed by atoms with Crippen molar-refractivity contribution in [2.45, 2.75) is 13.3 Å². The Kier molecular flexibility index (Phi) is 4.85. The van der Waals surface area contributed by atoms with E-state index in [0.29, 0.717) is 6.61 Å². The maximum absolute atomic E-state index is 13.5. The van der Waals surface area contributed by atoms with E-state index in [1.54, 1.807) is 6.07 Å². The molecule has 1 aromatic carbocycles. The van der Waals surface area contributed by atoms with E-state index < -0.39 is 5.82 Å². The molecule has 0 unspecified atom stereocenters. The highest BCUT2D eigenvalue weighted by Gasteiger charge is 2.11. The monoisotopic (exact) mass is 307 g/mol. The van der Waals surface area contributed by atoms with Gasteiger partial charge in [-0.15, -0.1) is 0 Å². The number of aromatic nitrogens is 3. The fraction of sp³-hybridized carbons (Fsp3) is 0.231. The van der Waals surface area contributed by atoms with Crippen molar-refractivity contribution in [3.8, 4) is 12.1 Å². The Hall–Kier alpha value is -2.46. The van der Waals surface area contributed by atoms with Crippen molar-refractivity contribution in [1.82, 2.24) is 15.0 Å². The van der Waals surface area contributed by atoms with Gasteiger partial charge in [0.1, 0.15) is 17.4 Å². The molecule has 2 rings (SSSR count). The van der Waals surface area contributed by atoms with E-state index >= 15 is 0 Å². The van der Waals surface area contributed by atoms with Crippen molar-refractivity contribution in [2.24, 2.45) is 0 Å². The van der Waals surface area contributed by atoms with Crippen LogP contribution in [-0.2, 0) is 0 Å². The molecule has 0 radical (unpaired) electrons. The molecule has 0 fully saturated rings. The van der Waals surface area contributed by atoms with Crippen LogP contribution in [0.5, 0.6) is 6.01 Å². The molecular weight excluding hydrogens is 297 g/mol. The number of halogens is 2. The number of nitrogens with zero attached hydrogens (tertiary/aromatic N) is 4. The van der Waals surface area contributed by atoms with Crippen LogP contribution in [0.15, 0.2) is 18.2 Å². The fourth-order valence-electron chi connectivity index (χ4n) is 1.51. The number of hydrogen-bond acceptors (Lipinski definition) is 6. The van der Waals surface area contributed by atoms with Gasteiger partial charge < -0.3 is 10.1 Å². The van der Waals surface area contributed by atoms with Crippen LogP contribution in [0, 0.1) is 17.1 Å². The molecule has 21 heavy (non-hydrogen) atoms. The lowest BCUT2D eigenvalue weighted by Gasteiger charge is -2.08. The first-order chi connectivity index (χ1) is 10.1. The van der Waals surface area contributed by atoms with Crippen LogP contribution in [0.3, 0.4) is 0 Å². The van der Waals surface area contributed by atoms with E-state index in [-0.39, 0.29) is 28.5 Å². The van der Waals surface area contributed by atoms with E-state index in [0.717, 1.165) is 6.42 Å². The van der Waals surface area contributed by atoms with Gasteiger partial charge in [-0.3, -0.25) is 0 Å². The molecule has 108 valence electrons. The number of nitriles is 1. The molecule has 1 heterocycles. The molecule has 0 aliphatic rings. The van der Waals surface area contributed by atoms with E-state index in [9.17, 15) is 4.39 Å². The third kappa shape index (κ3) is 3.77. The molecule has 2 aromatic rings. The number of anilines is 2. The largest absolute Gasteiger partial charge is 0.463 e. The molecule has 0 spiro atoms. The Morgan fingerprint density at radius 2 is 2.19 bits per heavy atom. The van der Waals surface area contributed by atoms with Gasteiger partial charge in [0, 0.05) is 0 Å². The lowest BCUT2D eigenvalue weighted by Crippen LogP contribution is -2.05. The topological polar surface area (TPSA) is 83.7 Å². The van der Waals surface area contributed by atoms with Crippen molar-refractivity contribution < 1.29 is 9.13 Å². The standard InChI is InChI=1S/C13H11ClFN5O/c1-2-6-21-13-19-11(14)18-12(20-13)17-10-5-3-4-9(15)8(10)7-16/h3-5H,2,6H2,1H3,(H,17,18,19,20). The Morgan fingerprint density at radius 1 is 1.38 bits per heavy atom. The second-order valence-electron chi connectivity index (χ2n) is 3.96. The Morgan fingerprint density at radius 3 is 2.90 bits per heavy atom. The lowest BCUT2D eigenvalue weighted by molar-refractivity contribution is 0.292. The summed E-state index contributed by atoms with van der Waals surface area (Å²) in [5, 5.41) is 11.6. The predicted octanol–water partition coefficient (Wildman–Crippen LogP) is 3.07. The number of ether oxygens (including phenoxy) is 1. The van der Waals surface area contributed by atoms with Crippen molar-refractivity contribution in [3.63, 3.8) is 0 Å². The maximum atomic E-state index is 13.5. The van der Waals surface area contributed by atoms with E-state index in [1.807, 2.05) is 6.92 Å². The molecule has 0 aliphatic carbocycles. The summed E-state index contributed by atoms with van der Waals surface area (Å²) >= 11 is 5.78. The zero-order chi connectivity index (χ0) is 15.2. The van der Waals surface area contributed by atoms with Crippen LogP contribution in [0.1, 0.15) is 18.9 Å². The van der Waals surface area contributed by atoms with Crippen LogP contribution < -0.4 is 10.1 Å². The van der Waals surface area contributed by atoms with Gasteiger partial charge in [0.2, 0.25) is 11.2 Å². The van der Waals surface area contributed by atoms with Crippen LogP contribution in [0.2, 0.25) is 5.28 Å². The van der Waals surface area contributed by atoms with Gasteiger partial charge in [-0.1, -0.05) is 13.0 Å². The third-order valence-corrected chi connectivity index (χ3v) is 2.56. The first-order valence-corrected chi connectivity index (χ1v) is 6.52. The molecule has 1 aromatic heterocycles. The first-order valence-electron chi connectivity index (χ1n) is 6.14. The SMILES string of the molecule is CCCOc1nc(Cl)nc(Nc2cccc(F)c2C#N)n1. The molecule has 0 aliphatic heterocycles. The van der Waals surface area contributed by atoms with Crippen LogP contribution >= 0.6 is 11.6 Å². The summed E-state index contributed by atoms with van der Waals surface area (Å²) in [5.74, 6) is -0.562. The third-order valence-electron chi connectivity index (χ3n) is 2.39. The Labute approximate surface area is 125 Å². The molecule has 0 saturated carbocycles. The van der Waals surface area contributed by atoms with Crippen LogP contribution in [0.25, 0.3) is 0 Å². The lowest BCUT2D eigenvalue weighted by atomic mass is 10.2. The Bertz CT molecular complexity index is 689. The highest BCUT2D eigenvalue weighted by molar-refractivity contribution is 6.28. The molecule has 6 nitrogen and oxygen atoms in total. The highest BCUT2D eigenvalue weighted by atomic mass is 35.5. The van der Waals surface area contributed by atoms with Crippen molar-refractivity contribution >= 4 is 23.2 Å². The van der Waals surface area contributed by atoms with Gasteiger partial charge in [-0.25, -0.2) is 4.39 Å². The van der Waals surface area contributed by atoms with Gasteiger partial charge >= 0.3 is 6.01 Å². The second kappa shape index (κ2) is 6.81. The minimum Gasteiger partial charge on any atom is -0.463 e. The first kappa shape index (κ1) is 14.9. The molecule has 0 saturated heterocycles. The minimum atomic E-state index is -0.634. The number of nitrogens with one attached hydrogen (secondary N) is 1. The summed E-state index contributed by atoms with van der Waals surface area (Å²) in [6, 6.07) is 6.03. The fourth-order valence-corrected chi connectivity index (χ4v) is 1.66. The Balaban J connectivity index is 2.30. The summed E-state index contributed by atoms with van der Waals surface area (Å²) in [6.45, 7) is 2.37.